The van der Waals surface area contributed by atoms with Crippen molar-refractivity contribution in [3.63, 3.8) is 0 Å². The summed E-state index contributed by atoms with van der Waals surface area (Å²) in [7, 11) is 1.34. The van der Waals surface area contributed by atoms with Crippen molar-refractivity contribution in [2.24, 2.45) is 0 Å². The Balaban J connectivity index is 1.92. The molecule has 124 valence electrons. The van der Waals surface area contributed by atoms with Crippen LogP contribution < -0.4 is 5.32 Å². The lowest BCUT2D eigenvalue weighted by molar-refractivity contribution is -0.140. The van der Waals surface area contributed by atoms with Crippen molar-refractivity contribution in [3.8, 4) is 11.4 Å². The highest BCUT2D eigenvalue weighted by Gasteiger charge is 2.15. The molecule has 0 saturated carbocycles. The van der Waals surface area contributed by atoms with E-state index in [-0.39, 0.29) is 18.4 Å². The van der Waals surface area contributed by atoms with Crippen LogP contribution in [0.3, 0.4) is 0 Å². The molecule has 1 aromatic carbocycles. The summed E-state index contributed by atoms with van der Waals surface area (Å²) in [6.07, 6.45) is 0.207. The number of anilines is 1. The second-order valence-electron chi connectivity index (χ2n) is 5.32. The quantitative estimate of drug-likeness (QED) is 0.723. The third-order valence-corrected chi connectivity index (χ3v) is 3.47. The van der Waals surface area contributed by atoms with Crippen molar-refractivity contribution in [1.82, 2.24) is 19.8 Å². The molecule has 0 aliphatic heterocycles. The molecule has 0 spiro atoms. The van der Waals surface area contributed by atoms with Crippen LogP contribution in [0.25, 0.3) is 17.0 Å². The number of esters is 1. The van der Waals surface area contributed by atoms with Gasteiger partial charge in [-0.15, -0.1) is 15.3 Å². The molecule has 0 amide bonds. The molecule has 1 atom stereocenters. The van der Waals surface area contributed by atoms with E-state index in [2.05, 4.69) is 25.3 Å². The number of carbonyl (C=O) groups is 1. The Kier molecular flexibility index (Phi) is 4.37. The molecular weight excluding hydrogens is 313 g/mol. The van der Waals surface area contributed by atoms with Gasteiger partial charge < -0.3 is 10.1 Å². The number of hydrogen-bond donors (Lipinski definition) is 1. The van der Waals surface area contributed by atoms with E-state index < -0.39 is 5.82 Å². The smallest absolute Gasteiger partial charge is 0.307 e. The second kappa shape index (κ2) is 6.61. The van der Waals surface area contributed by atoms with Gasteiger partial charge in [-0.25, -0.2) is 4.39 Å². The molecule has 0 radical (unpaired) electrons. The van der Waals surface area contributed by atoms with Crippen LogP contribution in [-0.4, -0.2) is 38.9 Å². The maximum absolute atomic E-state index is 14.0. The number of halogens is 1. The van der Waals surface area contributed by atoms with Crippen LogP contribution in [0.5, 0.6) is 0 Å². The molecule has 3 aromatic rings. The summed E-state index contributed by atoms with van der Waals surface area (Å²) in [5.41, 5.74) is 0.816. The van der Waals surface area contributed by atoms with Crippen LogP contribution in [-0.2, 0) is 9.53 Å². The molecule has 0 aliphatic rings. The maximum atomic E-state index is 14.0. The Morgan fingerprint density at radius 1 is 1.29 bits per heavy atom. The van der Waals surface area contributed by atoms with Gasteiger partial charge in [0.2, 0.25) is 0 Å². The first kappa shape index (κ1) is 15.9. The molecule has 24 heavy (non-hydrogen) atoms. The van der Waals surface area contributed by atoms with Gasteiger partial charge in [-0.1, -0.05) is 12.1 Å². The minimum atomic E-state index is -0.397. The Hall–Kier alpha value is -3.03. The number of methoxy groups -OCH3 is 1. The molecule has 0 bridgehead atoms. The minimum absolute atomic E-state index is 0.171. The predicted octanol–water partition coefficient (Wildman–Crippen LogP) is 2.29. The van der Waals surface area contributed by atoms with E-state index in [4.69, 9.17) is 0 Å². The highest BCUT2D eigenvalue weighted by molar-refractivity contribution is 5.70. The van der Waals surface area contributed by atoms with Gasteiger partial charge >= 0.3 is 5.97 Å². The fraction of sp³-hybridized carbons (Fsp3) is 0.250. The van der Waals surface area contributed by atoms with Gasteiger partial charge in [-0.3, -0.25) is 4.79 Å². The average molecular weight is 329 g/mol. The summed E-state index contributed by atoms with van der Waals surface area (Å²) in [5.74, 6) is 0.127. The summed E-state index contributed by atoms with van der Waals surface area (Å²) in [6.45, 7) is 1.84. The molecule has 0 saturated heterocycles. The number of fused-ring (bicyclic) bond motifs is 1. The van der Waals surface area contributed by atoms with Crippen molar-refractivity contribution in [3.05, 3.63) is 42.2 Å². The Bertz CT molecular complexity index is 880. The molecule has 1 unspecified atom stereocenters. The lowest BCUT2D eigenvalue weighted by Crippen LogP contribution is -2.21. The number of nitrogens with one attached hydrogen (secondary N) is 1. The van der Waals surface area contributed by atoms with Crippen LogP contribution in [0.1, 0.15) is 13.3 Å². The van der Waals surface area contributed by atoms with E-state index in [9.17, 15) is 9.18 Å². The van der Waals surface area contributed by atoms with Crippen molar-refractivity contribution < 1.29 is 13.9 Å². The Labute approximate surface area is 137 Å². The van der Waals surface area contributed by atoms with Crippen LogP contribution in [0.2, 0.25) is 0 Å². The van der Waals surface area contributed by atoms with Crippen LogP contribution >= 0.6 is 0 Å². The van der Waals surface area contributed by atoms with Gasteiger partial charge in [0.1, 0.15) is 11.6 Å². The van der Waals surface area contributed by atoms with E-state index >= 15 is 0 Å². The number of hydrogen-bond acceptors (Lipinski definition) is 6. The summed E-state index contributed by atoms with van der Waals surface area (Å²) < 4.78 is 20.1. The van der Waals surface area contributed by atoms with Gasteiger partial charge in [-0.05, 0) is 31.2 Å². The largest absolute Gasteiger partial charge is 0.469 e. The second-order valence-corrected chi connectivity index (χ2v) is 5.32. The molecule has 2 heterocycles. The first-order valence-electron chi connectivity index (χ1n) is 7.39. The first-order valence-corrected chi connectivity index (χ1v) is 7.39. The van der Waals surface area contributed by atoms with Crippen LogP contribution in [0.15, 0.2) is 36.4 Å². The highest BCUT2D eigenvalue weighted by Crippen LogP contribution is 2.21. The number of ether oxygens (including phenoxy) is 1. The van der Waals surface area contributed by atoms with E-state index in [0.29, 0.717) is 22.9 Å². The predicted molar refractivity (Wildman–Crippen MR) is 85.9 cm³/mol. The monoisotopic (exact) mass is 329 g/mol. The molecule has 3 rings (SSSR count). The number of nitrogens with zero attached hydrogens (tertiary/aromatic N) is 4. The topological polar surface area (TPSA) is 81.4 Å². The molecule has 0 aliphatic carbocycles. The van der Waals surface area contributed by atoms with Gasteiger partial charge in [0.25, 0.3) is 0 Å². The van der Waals surface area contributed by atoms with Gasteiger partial charge in [-0.2, -0.15) is 4.52 Å². The van der Waals surface area contributed by atoms with Gasteiger partial charge in [0, 0.05) is 6.04 Å². The summed E-state index contributed by atoms with van der Waals surface area (Å²) in [5, 5.41) is 15.5. The van der Waals surface area contributed by atoms with Crippen molar-refractivity contribution >= 4 is 17.4 Å². The highest BCUT2D eigenvalue weighted by atomic mass is 19.1. The van der Waals surface area contributed by atoms with E-state index in [1.165, 1.54) is 17.7 Å². The van der Waals surface area contributed by atoms with E-state index in [1.807, 2.05) is 6.92 Å². The van der Waals surface area contributed by atoms with Gasteiger partial charge in [0.15, 0.2) is 11.5 Å². The van der Waals surface area contributed by atoms with Crippen molar-refractivity contribution in [2.45, 2.75) is 19.4 Å². The zero-order chi connectivity index (χ0) is 17.1. The standard InChI is InChI=1S/C16H16FN5O2/c1-10(9-15(23)24-2)18-13-7-8-14-19-20-16(22(14)21-13)11-5-3-4-6-12(11)17/h3-8,10H,9H2,1-2H3,(H,18,21). The summed E-state index contributed by atoms with van der Waals surface area (Å²) in [6, 6.07) is 9.58. The number of rotatable bonds is 5. The number of benzene rings is 1. The zero-order valence-corrected chi connectivity index (χ0v) is 13.2. The molecule has 2 aromatic heterocycles. The normalized spacial score (nSPS) is 12.1. The molecule has 0 fully saturated rings. The zero-order valence-electron chi connectivity index (χ0n) is 13.2. The van der Waals surface area contributed by atoms with Crippen LogP contribution in [0.4, 0.5) is 10.2 Å². The van der Waals surface area contributed by atoms with Crippen molar-refractivity contribution in [1.29, 1.82) is 0 Å². The van der Waals surface area contributed by atoms with E-state index in [1.54, 1.807) is 30.3 Å². The van der Waals surface area contributed by atoms with Crippen molar-refractivity contribution in [2.75, 3.05) is 12.4 Å². The fourth-order valence-corrected chi connectivity index (χ4v) is 2.31. The average Bonchev–Trinajstić information content (AvgIpc) is 2.98. The van der Waals surface area contributed by atoms with Crippen LogP contribution in [0, 0.1) is 5.82 Å². The van der Waals surface area contributed by atoms with E-state index in [0.717, 1.165) is 0 Å². The number of carbonyl (C=O) groups excluding carboxylic acids is 1. The fourth-order valence-electron chi connectivity index (χ4n) is 2.31. The molecule has 8 heteroatoms. The molecule has 1 N–H and O–H groups in total. The summed E-state index contributed by atoms with van der Waals surface area (Å²) >= 11 is 0. The molecular formula is C16H16FN5O2. The summed E-state index contributed by atoms with van der Waals surface area (Å²) in [4.78, 5) is 11.3. The first-order chi connectivity index (χ1) is 11.6. The lowest BCUT2D eigenvalue weighted by atomic mass is 10.2. The lowest BCUT2D eigenvalue weighted by Gasteiger charge is -2.13. The maximum Gasteiger partial charge on any atom is 0.307 e. The third kappa shape index (κ3) is 3.17. The SMILES string of the molecule is COC(=O)CC(C)Nc1ccc2nnc(-c3ccccc3F)n2n1. The third-order valence-electron chi connectivity index (χ3n) is 3.47. The number of aromatic nitrogens is 4. The Morgan fingerprint density at radius 3 is 2.83 bits per heavy atom. The van der Waals surface area contributed by atoms with Gasteiger partial charge in [0.05, 0.1) is 19.1 Å². The minimum Gasteiger partial charge on any atom is -0.469 e. The Morgan fingerprint density at radius 2 is 2.08 bits per heavy atom. The molecule has 7 nitrogen and oxygen atoms in total.